The zero-order chi connectivity index (χ0) is 26.1. The Hall–Kier alpha value is -3.56. The van der Waals surface area contributed by atoms with Crippen molar-refractivity contribution >= 4 is 17.4 Å². The number of amides is 1. The summed E-state index contributed by atoms with van der Waals surface area (Å²) in [6.07, 6.45) is 5.89. The first kappa shape index (κ1) is 23.8. The number of aryl methyl sites for hydroxylation is 1. The van der Waals surface area contributed by atoms with Crippen LogP contribution in [0.5, 0.6) is 0 Å². The van der Waals surface area contributed by atoms with E-state index in [1.165, 1.54) is 10.3 Å². The van der Waals surface area contributed by atoms with Crippen LogP contribution >= 0.6 is 0 Å². The van der Waals surface area contributed by atoms with Gasteiger partial charge in [0.05, 0.1) is 18.0 Å². The number of aliphatic hydroxyl groups is 1. The number of carbonyl (C=O) groups excluding carboxylic acids is 2. The highest BCUT2D eigenvalue weighted by molar-refractivity contribution is 6.02. The summed E-state index contributed by atoms with van der Waals surface area (Å²) in [4.78, 5) is 43.4. The van der Waals surface area contributed by atoms with Gasteiger partial charge >= 0.3 is 0 Å². The molecular weight excluding hydrogens is 470 g/mol. The van der Waals surface area contributed by atoms with Crippen molar-refractivity contribution in [3.63, 3.8) is 0 Å². The number of pyridine rings is 2. The molecule has 1 unspecified atom stereocenters. The van der Waals surface area contributed by atoms with Crippen LogP contribution in [-0.2, 0) is 38.0 Å². The fourth-order valence-electron chi connectivity index (χ4n) is 5.78. The predicted octanol–water partition coefficient (Wildman–Crippen LogP) is 2.70. The van der Waals surface area contributed by atoms with E-state index in [0.717, 1.165) is 37.1 Å². The van der Waals surface area contributed by atoms with Crippen LogP contribution in [0.15, 0.2) is 35.4 Å². The smallest absolute Gasteiger partial charge is 0.274 e. The molecule has 0 bridgehead atoms. The first-order valence-corrected chi connectivity index (χ1v) is 12.8. The van der Waals surface area contributed by atoms with Gasteiger partial charge in [-0.3, -0.25) is 24.7 Å². The Morgan fingerprint density at radius 3 is 2.78 bits per heavy atom. The molecule has 0 radical (unpaired) electrons. The van der Waals surface area contributed by atoms with E-state index in [4.69, 9.17) is 0 Å². The Kier molecular flexibility index (Phi) is 5.47. The molecule has 6 rings (SSSR count). The third-order valence-corrected chi connectivity index (χ3v) is 7.72. The van der Waals surface area contributed by atoms with E-state index in [0.29, 0.717) is 28.9 Å². The number of fused-ring (bicyclic) bond motifs is 3. The summed E-state index contributed by atoms with van der Waals surface area (Å²) in [5, 5.41) is 16.6. The number of nitrogens with zero attached hydrogens (tertiary/aromatic N) is 3. The SMILES string of the molecule is Cn1cc(-c2ccnc(C3NCc4cc5n(c4C3=O)CC(C)(C)C5)c2CO)cc(NC(=O)C2CC2)c1=O. The van der Waals surface area contributed by atoms with Gasteiger partial charge < -0.3 is 19.6 Å². The topological polar surface area (TPSA) is 118 Å². The molecule has 9 nitrogen and oxygen atoms in total. The summed E-state index contributed by atoms with van der Waals surface area (Å²) in [5.41, 5.74) is 5.21. The summed E-state index contributed by atoms with van der Waals surface area (Å²) < 4.78 is 3.57. The van der Waals surface area contributed by atoms with Crippen LogP contribution in [0.4, 0.5) is 5.69 Å². The minimum Gasteiger partial charge on any atom is -0.392 e. The van der Waals surface area contributed by atoms with Crippen molar-refractivity contribution in [3.8, 4) is 11.1 Å². The normalized spacial score (nSPS) is 20.0. The number of aromatic nitrogens is 3. The minimum absolute atomic E-state index is 0.0387. The number of nitrogens with one attached hydrogen (secondary N) is 2. The van der Waals surface area contributed by atoms with Crippen molar-refractivity contribution in [3.05, 3.63) is 69.2 Å². The van der Waals surface area contributed by atoms with Crippen LogP contribution in [0.25, 0.3) is 11.1 Å². The van der Waals surface area contributed by atoms with E-state index in [9.17, 15) is 19.5 Å². The monoisotopic (exact) mass is 501 g/mol. The third-order valence-electron chi connectivity index (χ3n) is 7.72. The molecule has 0 saturated heterocycles. The molecule has 3 aliphatic rings. The highest BCUT2D eigenvalue weighted by atomic mass is 16.3. The first-order valence-electron chi connectivity index (χ1n) is 12.8. The quantitative estimate of drug-likeness (QED) is 0.495. The number of carbonyl (C=O) groups is 2. The summed E-state index contributed by atoms with van der Waals surface area (Å²) in [5.74, 6) is -0.242. The molecular formula is C28H31N5O4. The van der Waals surface area contributed by atoms with Crippen LogP contribution < -0.4 is 16.2 Å². The summed E-state index contributed by atoms with van der Waals surface area (Å²) in [7, 11) is 1.63. The third kappa shape index (κ3) is 4.02. The van der Waals surface area contributed by atoms with Crippen molar-refractivity contribution in [2.24, 2.45) is 18.4 Å². The Balaban J connectivity index is 1.39. The number of hydrogen-bond acceptors (Lipinski definition) is 6. The molecule has 37 heavy (non-hydrogen) atoms. The second-order valence-corrected chi connectivity index (χ2v) is 11.3. The van der Waals surface area contributed by atoms with E-state index in [2.05, 4.69) is 40.1 Å². The zero-order valence-corrected chi connectivity index (χ0v) is 21.3. The molecule has 1 saturated carbocycles. The van der Waals surface area contributed by atoms with E-state index in [1.807, 2.05) is 0 Å². The Morgan fingerprint density at radius 1 is 1.27 bits per heavy atom. The van der Waals surface area contributed by atoms with Crippen molar-refractivity contribution in [1.29, 1.82) is 0 Å². The molecule has 9 heteroatoms. The number of Topliss-reactive ketones (excluding diaryl/α,β-unsaturated/α-hetero) is 1. The van der Waals surface area contributed by atoms with Crippen molar-refractivity contribution < 1.29 is 14.7 Å². The lowest BCUT2D eigenvalue weighted by Gasteiger charge is -2.27. The van der Waals surface area contributed by atoms with Crippen LogP contribution in [0, 0.1) is 11.3 Å². The maximum Gasteiger partial charge on any atom is 0.274 e. The predicted molar refractivity (Wildman–Crippen MR) is 138 cm³/mol. The number of rotatable bonds is 5. The molecule has 192 valence electrons. The van der Waals surface area contributed by atoms with Gasteiger partial charge in [-0.15, -0.1) is 0 Å². The zero-order valence-electron chi connectivity index (χ0n) is 21.3. The highest BCUT2D eigenvalue weighted by Crippen LogP contribution is 2.39. The minimum atomic E-state index is -0.695. The first-order chi connectivity index (χ1) is 17.7. The summed E-state index contributed by atoms with van der Waals surface area (Å²) in [6, 6.07) is 4.83. The van der Waals surface area contributed by atoms with Gasteiger partial charge in [-0.1, -0.05) is 13.8 Å². The van der Waals surface area contributed by atoms with Crippen LogP contribution in [0.3, 0.4) is 0 Å². The molecule has 1 amide bonds. The molecule has 3 N–H and O–H groups in total. The van der Waals surface area contributed by atoms with Crippen molar-refractivity contribution in [2.75, 3.05) is 5.32 Å². The lowest BCUT2D eigenvalue weighted by molar-refractivity contribution is -0.117. The second kappa shape index (κ2) is 8.49. The lowest BCUT2D eigenvalue weighted by Crippen LogP contribution is -2.36. The molecule has 2 aliphatic heterocycles. The Bertz CT molecular complexity index is 1510. The Labute approximate surface area is 214 Å². The van der Waals surface area contributed by atoms with Gasteiger partial charge in [0, 0.05) is 55.3 Å². The fraction of sp³-hybridized carbons (Fsp3) is 0.429. The molecule has 0 aromatic carbocycles. The second-order valence-electron chi connectivity index (χ2n) is 11.3. The maximum atomic E-state index is 13.8. The van der Waals surface area contributed by atoms with Gasteiger partial charge in [0.25, 0.3) is 5.56 Å². The number of aliphatic hydroxyl groups excluding tert-OH is 1. The standard InChI is InChI=1S/C28H31N5O4/c1-28(2)10-18-8-16-11-30-23(25(35)24(16)33(18)14-28)22-20(13-34)19(6-7-29-22)17-9-21(27(37)32(3)12-17)31-26(36)15-4-5-15/h6-9,12,15,23,30,34H,4-5,10-11,13-14H2,1-3H3,(H,31,36). The van der Waals surface area contributed by atoms with E-state index in [1.54, 1.807) is 31.6 Å². The largest absolute Gasteiger partial charge is 0.392 e. The molecule has 1 atom stereocenters. The van der Waals surface area contributed by atoms with Crippen LogP contribution in [0.2, 0.25) is 0 Å². The van der Waals surface area contributed by atoms with Gasteiger partial charge in [0.1, 0.15) is 11.7 Å². The van der Waals surface area contributed by atoms with E-state index >= 15 is 0 Å². The van der Waals surface area contributed by atoms with E-state index in [-0.39, 0.29) is 40.9 Å². The van der Waals surface area contributed by atoms with Gasteiger partial charge in [0.2, 0.25) is 11.7 Å². The summed E-state index contributed by atoms with van der Waals surface area (Å²) in [6.45, 7) is 5.42. The highest BCUT2D eigenvalue weighted by Gasteiger charge is 2.39. The molecule has 3 aromatic rings. The molecule has 0 spiro atoms. The average molecular weight is 502 g/mol. The number of hydrogen-bond donors (Lipinski definition) is 3. The molecule has 3 aromatic heterocycles. The maximum absolute atomic E-state index is 13.8. The average Bonchev–Trinajstić information content (AvgIpc) is 3.59. The van der Waals surface area contributed by atoms with Gasteiger partial charge in [-0.25, -0.2) is 0 Å². The summed E-state index contributed by atoms with van der Waals surface area (Å²) >= 11 is 0. The van der Waals surface area contributed by atoms with Gasteiger partial charge in [-0.2, -0.15) is 0 Å². The Morgan fingerprint density at radius 2 is 2.05 bits per heavy atom. The van der Waals surface area contributed by atoms with Crippen LogP contribution in [-0.4, -0.2) is 30.9 Å². The van der Waals surface area contributed by atoms with Gasteiger partial charge in [-0.05, 0) is 54.0 Å². The van der Waals surface area contributed by atoms with Crippen LogP contribution in [0.1, 0.15) is 65.7 Å². The van der Waals surface area contributed by atoms with Crippen molar-refractivity contribution in [2.45, 2.75) is 58.8 Å². The fourth-order valence-corrected chi connectivity index (χ4v) is 5.78. The van der Waals surface area contributed by atoms with E-state index < -0.39 is 6.04 Å². The van der Waals surface area contributed by atoms with Crippen molar-refractivity contribution in [1.82, 2.24) is 19.4 Å². The van der Waals surface area contributed by atoms with Gasteiger partial charge in [0.15, 0.2) is 0 Å². The lowest BCUT2D eigenvalue weighted by atomic mass is 9.89. The molecule has 1 fully saturated rings. The molecule has 5 heterocycles. The molecule has 1 aliphatic carbocycles. The number of ketones is 1. The number of anilines is 1.